The van der Waals surface area contributed by atoms with Crippen molar-refractivity contribution in [2.45, 2.75) is 12.5 Å². The minimum absolute atomic E-state index is 0.00834. The van der Waals surface area contributed by atoms with E-state index in [1.165, 1.54) is 0 Å². The van der Waals surface area contributed by atoms with Crippen molar-refractivity contribution in [1.82, 2.24) is 4.90 Å². The largest absolute Gasteiger partial charge is 0.390 e. The van der Waals surface area contributed by atoms with Crippen LogP contribution in [0.15, 0.2) is 29.4 Å². The Bertz CT molecular complexity index is 466. The molecule has 96 valence electrons. The van der Waals surface area contributed by atoms with Gasteiger partial charge in [-0.15, -0.1) is 0 Å². The van der Waals surface area contributed by atoms with Crippen molar-refractivity contribution in [3.63, 3.8) is 0 Å². The van der Waals surface area contributed by atoms with Gasteiger partial charge >= 0.3 is 0 Å². The van der Waals surface area contributed by atoms with Gasteiger partial charge in [-0.3, -0.25) is 4.79 Å². The molecule has 0 saturated carbocycles. The van der Waals surface area contributed by atoms with Gasteiger partial charge in [-0.1, -0.05) is 17.3 Å². The number of oxime groups is 1. The fourth-order valence-electron chi connectivity index (χ4n) is 1.79. The standard InChI is InChI=1S/C13H17N3O2/c1-16(2)13(17)10-5-3-9(4-6-10)12-7-11(8-14)18-15-12/h3-6,11H,7-8,14H2,1-2H3. The summed E-state index contributed by atoms with van der Waals surface area (Å²) in [5.41, 5.74) is 8.05. The average molecular weight is 247 g/mol. The van der Waals surface area contributed by atoms with Gasteiger partial charge < -0.3 is 15.5 Å². The maximum Gasteiger partial charge on any atom is 0.253 e. The quantitative estimate of drug-likeness (QED) is 0.860. The lowest BCUT2D eigenvalue weighted by atomic mass is 10.0. The third-order valence-corrected chi connectivity index (χ3v) is 2.87. The maximum absolute atomic E-state index is 11.7. The fourth-order valence-corrected chi connectivity index (χ4v) is 1.79. The van der Waals surface area contributed by atoms with Crippen LogP contribution in [0.25, 0.3) is 0 Å². The van der Waals surface area contributed by atoms with Crippen LogP contribution in [-0.2, 0) is 4.84 Å². The lowest BCUT2D eigenvalue weighted by Crippen LogP contribution is -2.21. The molecule has 2 N–H and O–H groups in total. The van der Waals surface area contributed by atoms with Crippen LogP contribution in [0, 0.1) is 0 Å². The summed E-state index contributed by atoms with van der Waals surface area (Å²) < 4.78 is 0. The van der Waals surface area contributed by atoms with Gasteiger partial charge in [0, 0.05) is 32.6 Å². The van der Waals surface area contributed by atoms with Crippen LogP contribution in [0.2, 0.25) is 0 Å². The topological polar surface area (TPSA) is 67.9 Å². The van der Waals surface area contributed by atoms with Crippen LogP contribution in [0.4, 0.5) is 0 Å². The molecular formula is C13H17N3O2. The van der Waals surface area contributed by atoms with Crippen molar-refractivity contribution >= 4 is 11.6 Å². The first-order chi connectivity index (χ1) is 8.61. The highest BCUT2D eigenvalue weighted by Crippen LogP contribution is 2.16. The fraction of sp³-hybridized carbons (Fsp3) is 0.385. The SMILES string of the molecule is CN(C)C(=O)c1ccc(C2=NOC(CN)C2)cc1. The van der Waals surface area contributed by atoms with Crippen molar-refractivity contribution in [2.24, 2.45) is 10.9 Å². The van der Waals surface area contributed by atoms with Gasteiger partial charge in [-0.2, -0.15) is 0 Å². The second kappa shape index (κ2) is 5.18. The highest BCUT2D eigenvalue weighted by Gasteiger charge is 2.20. The Morgan fingerprint density at radius 2 is 2.11 bits per heavy atom. The molecule has 0 radical (unpaired) electrons. The van der Waals surface area contributed by atoms with Crippen LogP contribution < -0.4 is 5.73 Å². The van der Waals surface area contributed by atoms with E-state index in [2.05, 4.69) is 5.16 Å². The Morgan fingerprint density at radius 3 is 2.61 bits per heavy atom. The second-order valence-electron chi connectivity index (χ2n) is 4.48. The van der Waals surface area contributed by atoms with E-state index in [-0.39, 0.29) is 12.0 Å². The first kappa shape index (κ1) is 12.6. The second-order valence-corrected chi connectivity index (χ2v) is 4.48. The average Bonchev–Trinajstić information content (AvgIpc) is 2.86. The molecule has 1 atom stereocenters. The Labute approximate surface area is 106 Å². The van der Waals surface area contributed by atoms with Crippen molar-refractivity contribution in [3.8, 4) is 0 Å². The first-order valence-electron chi connectivity index (χ1n) is 5.86. The summed E-state index contributed by atoms with van der Waals surface area (Å²) in [4.78, 5) is 18.5. The molecule has 1 aliphatic rings. The molecule has 1 aliphatic heterocycles. The first-order valence-corrected chi connectivity index (χ1v) is 5.86. The highest BCUT2D eigenvalue weighted by molar-refractivity contribution is 6.02. The maximum atomic E-state index is 11.7. The molecule has 2 rings (SSSR count). The molecule has 1 amide bonds. The monoisotopic (exact) mass is 247 g/mol. The number of nitrogens with zero attached hydrogens (tertiary/aromatic N) is 2. The van der Waals surface area contributed by atoms with Gasteiger partial charge in [0.05, 0.1) is 5.71 Å². The number of carbonyl (C=O) groups excluding carboxylic acids is 1. The summed E-state index contributed by atoms with van der Waals surface area (Å²) in [7, 11) is 3.47. The molecule has 18 heavy (non-hydrogen) atoms. The van der Waals surface area contributed by atoms with Gasteiger partial charge in [0.2, 0.25) is 0 Å². The Morgan fingerprint density at radius 1 is 1.44 bits per heavy atom. The Balaban J connectivity index is 2.11. The van der Waals surface area contributed by atoms with Crippen molar-refractivity contribution in [1.29, 1.82) is 0 Å². The number of amides is 1. The van der Waals surface area contributed by atoms with Crippen molar-refractivity contribution in [2.75, 3.05) is 20.6 Å². The van der Waals surface area contributed by atoms with Gasteiger partial charge in [0.15, 0.2) is 0 Å². The van der Waals surface area contributed by atoms with E-state index in [9.17, 15) is 4.79 Å². The minimum atomic E-state index is -0.0249. The predicted molar refractivity (Wildman–Crippen MR) is 69.5 cm³/mol. The van der Waals surface area contributed by atoms with Crippen LogP contribution in [0.1, 0.15) is 22.3 Å². The lowest BCUT2D eigenvalue weighted by Gasteiger charge is -2.10. The molecule has 0 fully saturated rings. The van der Waals surface area contributed by atoms with E-state index in [1.54, 1.807) is 31.1 Å². The number of hydrogen-bond donors (Lipinski definition) is 1. The summed E-state index contributed by atoms with van der Waals surface area (Å²) in [5.74, 6) is -0.00834. The van der Waals surface area contributed by atoms with Gasteiger partial charge in [0.1, 0.15) is 6.10 Å². The van der Waals surface area contributed by atoms with Crippen LogP contribution in [0.5, 0.6) is 0 Å². The van der Waals surface area contributed by atoms with E-state index >= 15 is 0 Å². The van der Waals surface area contributed by atoms with E-state index in [4.69, 9.17) is 10.6 Å². The number of benzene rings is 1. The van der Waals surface area contributed by atoms with Gasteiger partial charge in [-0.25, -0.2) is 0 Å². The zero-order valence-corrected chi connectivity index (χ0v) is 10.6. The smallest absolute Gasteiger partial charge is 0.253 e. The number of rotatable bonds is 3. The summed E-state index contributed by atoms with van der Waals surface area (Å²) in [5, 5.41) is 4.01. The van der Waals surface area contributed by atoms with Gasteiger partial charge in [-0.05, 0) is 17.7 Å². The highest BCUT2D eigenvalue weighted by atomic mass is 16.6. The Hall–Kier alpha value is -1.88. The summed E-state index contributed by atoms with van der Waals surface area (Å²) in [6.07, 6.45) is 0.695. The molecule has 0 aromatic heterocycles. The zero-order chi connectivity index (χ0) is 13.1. The minimum Gasteiger partial charge on any atom is -0.390 e. The molecule has 0 spiro atoms. The van der Waals surface area contributed by atoms with E-state index in [0.29, 0.717) is 12.1 Å². The molecule has 0 bridgehead atoms. The van der Waals surface area contributed by atoms with E-state index in [0.717, 1.165) is 17.7 Å². The summed E-state index contributed by atoms with van der Waals surface area (Å²) >= 11 is 0. The molecule has 5 heteroatoms. The molecular weight excluding hydrogens is 230 g/mol. The van der Waals surface area contributed by atoms with Crippen molar-refractivity contribution in [3.05, 3.63) is 35.4 Å². The molecule has 1 aromatic rings. The van der Waals surface area contributed by atoms with Crippen LogP contribution in [-0.4, -0.2) is 43.3 Å². The van der Waals surface area contributed by atoms with Crippen molar-refractivity contribution < 1.29 is 9.63 Å². The lowest BCUT2D eigenvalue weighted by molar-refractivity contribution is 0.0827. The normalized spacial score (nSPS) is 18.2. The van der Waals surface area contributed by atoms with Crippen LogP contribution in [0.3, 0.4) is 0 Å². The number of nitrogens with two attached hydrogens (primary N) is 1. The number of carbonyl (C=O) groups is 1. The molecule has 0 aliphatic carbocycles. The zero-order valence-electron chi connectivity index (χ0n) is 10.6. The molecule has 1 heterocycles. The molecule has 5 nitrogen and oxygen atoms in total. The molecule has 1 unspecified atom stereocenters. The molecule has 0 saturated heterocycles. The summed E-state index contributed by atoms with van der Waals surface area (Å²) in [6, 6.07) is 7.38. The molecule has 1 aromatic carbocycles. The van der Waals surface area contributed by atoms with E-state index < -0.39 is 0 Å². The summed E-state index contributed by atoms with van der Waals surface area (Å²) in [6.45, 7) is 0.462. The Kier molecular flexibility index (Phi) is 3.62. The van der Waals surface area contributed by atoms with Crippen LogP contribution >= 0.6 is 0 Å². The third-order valence-electron chi connectivity index (χ3n) is 2.87. The third kappa shape index (κ3) is 2.51. The predicted octanol–water partition coefficient (Wildman–Crippen LogP) is 0.840. The van der Waals surface area contributed by atoms with Gasteiger partial charge in [0.25, 0.3) is 5.91 Å². The number of hydrogen-bond acceptors (Lipinski definition) is 4. The van der Waals surface area contributed by atoms with E-state index in [1.807, 2.05) is 12.1 Å².